The lowest BCUT2D eigenvalue weighted by molar-refractivity contribution is -0.132. The van der Waals surface area contributed by atoms with Gasteiger partial charge < -0.3 is 4.90 Å². The van der Waals surface area contributed by atoms with Crippen molar-refractivity contribution in [2.24, 2.45) is 0 Å². The van der Waals surface area contributed by atoms with Crippen LogP contribution < -0.4 is 5.32 Å². The van der Waals surface area contributed by atoms with Gasteiger partial charge in [0.1, 0.15) is 0 Å². The summed E-state index contributed by atoms with van der Waals surface area (Å²) in [5.74, 6) is 0.324. The summed E-state index contributed by atoms with van der Waals surface area (Å²) in [7, 11) is 0. The minimum Gasteiger partial charge on any atom is -0.323 e. The lowest BCUT2D eigenvalue weighted by Crippen LogP contribution is -2.45. The molecule has 2 atom stereocenters. The minimum absolute atomic E-state index is 0.0264. The summed E-state index contributed by atoms with van der Waals surface area (Å²) in [6.07, 6.45) is 8.88. The highest BCUT2D eigenvalue weighted by Crippen LogP contribution is 2.28. The summed E-state index contributed by atoms with van der Waals surface area (Å²) >= 11 is 0. The Kier molecular flexibility index (Phi) is 3.85. The highest BCUT2D eigenvalue weighted by atomic mass is 16.2. The van der Waals surface area contributed by atoms with Crippen molar-refractivity contribution in [3.63, 3.8) is 0 Å². The van der Waals surface area contributed by atoms with Crippen LogP contribution in [0.1, 0.15) is 58.8 Å². The van der Waals surface area contributed by atoms with E-state index in [9.17, 15) is 4.79 Å². The van der Waals surface area contributed by atoms with E-state index in [2.05, 4.69) is 17.1 Å². The average molecular weight is 224 g/mol. The molecule has 2 unspecified atom stereocenters. The summed E-state index contributed by atoms with van der Waals surface area (Å²) in [6, 6.07) is 0.536. The van der Waals surface area contributed by atoms with E-state index < -0.39 is 0 Å². The molecule has 2 fully saturated rings. The van der Waals surface area contributed by atoms with Crippen LogP contribution in [0, 0.1) is 0 Å². The van der Waals surface area contributed by atoms with Gasteiger partial charge >= 0.3 is 0 Å². The summed E-state index contributed by atoms with van der Waals surface area (Å²) in [5.41, 5.74) is 0. The largest absolute Gasteiger partial charge is 0.323 e. The molecule has 1 heterocycles. The van der Waals surface area contributed by atoms with Gasteiger partial charge in [0.05, 0.1) is 12.2 Å². The van der Waals surface area contributed by atoms with E-state index in [1.807, 2.05) is 6.92 Å². The molecule has 0 aromatic rings. The van der Waals surface area contributed by atoms with E-state index in [1.54, 1.807) is 0 Å². The van der Waals surface area contributed by atoms with Crippen LogP contribution in [0.5, 0.6) is 0 Å². The highest BCUT2D eigenvalue weighted by molar-refractivity contribution is 5.84. The average Bonchev–Trinajstić information content (AvgIpc) is 2.57. The van der Waals surface area contributed by atoms with Crippen molar-refractivity contribution in [3.8, 4) is 0 Å². The summed E-state index contributed by atoms with van der Waals surface area (Å²) < 4.78 is 0. The predicted octanol–water partition coefficient (Wildman–Crippen LogP) is 2.27. The molecule has 0 bridgehead atoms. The number of hydrogen-bond acceptors (Lipinski definition) is 2. The van der Waals surface area contributed by atoms with E-state index in [0.717, 1.165) is 12.8 Å². The van der Waals surface area contributed by atoms with Gasteiger partial charge in [-0.1, -0.05) is 32.6 Å². The van der Waals surface area contributed by atoms with E-state index in [-0.39, 0.29) is 6.04 Å². The molecule has 1 saturated carbocycles. The van der Waals surface area contributed by atoms with Crippen LogP contribution in [0.4, 0.5) is 0 Å². The third-order valence-electron chi connectivity index (χ3n) is 3.93. The maximum atomic E-state index is 12.2. The molecule has 3 heteroatoms. The van der Waals surface area contributed by atoms with Gasteiger partial charge in [0.2, 0.25) is 5.91 Å². The SMILES string of the molecule is CCCC1NC(C)C(=O)N1C1CCCCC1. The van der Waals surface area contributed by atoms with Crippen molar-refractivity contribution in [1.82, 2.24) is 10.2 Å². The van der Waals surface area contributed by atoms with Gasteiger partial charge in [-0.25, -0.2) is 0 Å². The number of amides is 1. The molecule has 92 valence electrons. The van der Waals surface area contributed by atoms with Crippen LogP contribution >= 0.6 is 0 Å². The minimum atomic E-state index is 0.0264. The first-order valence-corrected chi connectivity index (χ1v) is 6.82. The summed E-state index contributed by atoms with van der Waals surface area (Å²) in [4.78, 5) is 14.3. The second-order valence-electron chi connectivity index (χ2n) is 5.23. The van der Waals surface area contributed by atoms with Gasteiger partial charge in [-0.2, -0.15) is 0 Å². The van der Waals surface area contributed by atoms with Gasteiger partial charge in [-0.05, 0) is 26.2 Å². The van der Waals surface area contributed by atoms with Crippen molar-refractivity contribution >= 4 is 5.91 Å². The Morgan fingerprint density at radius 3 is 2.62 bits per heavy atom. The van der Waals surface area contributed by atoms with Crippen LogP contribution in [0.15, 0.2) is 0 Å². The highest BCUT2D eigenvalue weighted by Gasteiger charge is 2.39. The molecule has 1 aliphatic heterocycles. The zero-order valence-electron chi connectivity index (χ0n) is 10.5. The third kappa shape index (κ3) is 2.24. The zero-order chi connectivity index (χ0) is 11.5. The molecule has 2 aliphatic rings. The molecule has 3 nitrogen and oxygen atoms in total. The lowest BCUT2D eigenvalue weighted by atomic mass is 9.93. The Morgan fingerprint density at radius 1 is 1.31 bits per heavy atom. The van der Waals surface area contributed by atoms with Crippen LogP contribution in [-0.4, -0.2) is 29.1 Å². The molecule has 1 N–H and O–H groups in total. The topological polar surface area (TPSA) is 32.3 Å². The van der Waals surface area contributed by atoms with Crippen LogP contribution in [-0.2, 0) is 4.79 Å². The normalized spacial score (nSPS) is 32.4. The van der Waals surface area contributed by atoms with Crippen molar-refractivity contribution < 1.29 is 4.79 Å². The number of carbonyl (C=O) groups excluding carboxylic acids is 1. The second kappa shape index (κ2) is 5.17. The number of carbonyl (C=O) groups is 1. The molecule has 0 radical (unpaired) electrons. The van der Waals surface area contributed by atoms with Gasteiger partial charge in [0.15, 0.2) is 0 Å². The van der Waals surface area contributed by atoms with E-state index in [4.69, 9.17) is 0 Å². The Balaban J connectivity index is 2.05. The molecule has 2 rings (SSSR count). The maximum absolute atomic E-state index is 12.2. The van der Waals surface area contributed by atoms with Crippen LogP contribution in [0.3, 0.4) is 0 Å². The van der Waals surface area contributed by atoms with E-state index in [0.29, 0.717) is 18.1 Å². The van der Waals surface area contributed by atoms with Gasteiger partial charge in [-0.15, -0.1) is 0 Å². The van der Waals surface area contributed by atoms with Crippen molar-refractivity contribution in [1.29, 1.82) is 0 Å². The third-order valence-corrected chi connectivity index (χ3v) is 3.93. The zero-order valence-corrected chi connectivity index (χ0v) is 10.5. The fourth-order valence-electron chi connectivity index (χ4n) is 3.11. The van der Waals surface area contributed by atoms with Gasteiger partial charge in [0.25, 0.3) is 0 Å². The molecular weight excluding hydrogens is 200 g/mol. The molecule has 0 aromatic carbocycles. The molecule has 16 heavy (non-hydrogen) atoms. The Labute approximate surface area is 98.6 Å². The fraction of sp³-hybridized carbons (Fsp3) is 0.923. The Bertz CT molecular complexity index is 244. The first-order valence-electron chi connectivity index (χ1n) is 6.82. The second-order valence-corrected chi connectivity index (χ2v) is 5.23. The number of hydrogen-bond donors (Lipinski definition) is 1. The lowest BCUT2D eigenvalue weighted by Gasteiger charge is -2.35. The summed E-state index contributed by atoms with van der Waals surface area (Å²) in [5, 5.41) is 3.43. The van der Waals surface area contributed by atoms with Gasteiger partial charge in [0, 0.05) is 6.04 Å². The molecule has 1 amide bonds. The number of nitrogens with one attached hydrogen (secondary N) is 1. The monoisotopic (exact) mass is 224 g/mol. The van der Waals surface area contributed by atoms with Crippen molar-refractivity contribution in [3.05, 3.63) is 0 Å². The molecule has 0 spiro atoms. The van der Waals surface area contributed by atoms with Crippen LogP contribution in [0.2, 0.25) is 0 Å². The Hall–Kier alpha value is -0.570. The quantitative estimate of drug-likeness (QED) is 0.797. The van der Waals surface area contributed by atoms with Crippen molar-refractivity contribution in [2.45, 2.75) is 77.0 Å². The van der Waals surface area contributed by atoms with Crippen LogP contribution in [0.25, 0.3) is 0 Å². The van der Waals surface area contributed by atoms with Gasteiger partial charge in [-0.3, -0.25) is 10.1 Å². The fourth-order valence-corrected chi connectivity index (χ4v) is 3.11. The molecule has 1 saturated heterocycles. The predicted molar refractivity (Wildman–Crippen MR) is 65.0 cm³/mol. The summed E-state index contributed by atoms with van der Waals surface area (Å²) in [6.45, 7) is 4.18. The smallest absolute Gasteiger partial charge is 0.240 e. The van der Waals surface area contributed by atoms with E-state index in [1.165, 1.54) is 32.1 Å². The molecule has 0 aromatic heterocycles. The number of nitrogens with zero attached hydrogens (tertiary/aromatic N) is 1. The van der Waals surface area contributed by atoms with E-state index >= 15 is 0 Å². The first-order chi connectivity index (χ1) is 7.74. The van der Waals surface area contributed by atoms with Crippen molar-refractivity contribution in [2.75, 3.05) is 0 Å². The maximum Gasteiger partial charge on any atom is 0.240 e. The molecule has 1 aliphatic carbocycles. The number of rotatable bonds is 3. The first kappa shape index (κ1) is 11.9. The molecular formula is C13H24N2O. The Morgan fingerprint density at radius 2 is 2.00 bits per heavy atom. The standard InChI is InChI=1S/C13H24N2O/c1-3-7-12-14-10(2)13(16)15(12)11-8-5-4-6-9-11/h10-12,14H,3-9H2,1-2H3.